The molecule has 0 fully saturated rings. The van der Waals surface area contributed by atoms with E-state index in [4.69, 9.17) is 4.74 Å². The minimum absolute atomic E-state index is 0.151. The maximum atomic E-state index is 13.2. The quantitative estimate of drug-likeness (QED) is 0.622. The van der Waals surface area contributed by atoms with Gasteiger partial charge in [-0.05, 0) is 53.1 Å². The Morgan fingerprint density at radius 1 is 1.17 bits per heavy atom. The SMILES string of the molecule is COC(=O)c1c(SC)cc(-c2ccc(F)cc2)c2c1CCC(=O)C2. The molecule has 5 heteroatoms. The van der Waals surface area contributed by atoms with Gasteiger partial charge in [-0.2, -0.15) is 0 Å². The first-order chi connectivity index (χ1) is 11.5. The fourth-order valence-corrected chi connectivity index (χ4v) is 3.80. The van der Waals surface area contributed by atoms with Gasteiger partial charge in [0, 0.05) is 17.7 Å². The first-order valence-electron chi connectivity index (χ1n) is 7.63. The zero-order valence-corrected chi connectivity index (χ0v) is 14.3. The van der Waals surface area contributed by atoms with E-state index >= 15 is 0 Å². The van der Waals surface area contributed by atoms with Crippen molar-refractivity contribution in [2.24, 2.45) is 0 Å². The van der Waals surface area contributed by atoms with Gasteiger partial charge in [0.15, 0.2) is 0 Å². The highest BCUT2D eigenvalue weighted by Crippen LogP contribution is 2.38. The van der Waals surface area contributed by atoms with E-state index < -0.39 is 0 Å². The minimum atomic E-state index is -0.379. The molecule has 0 saturated carbocycles. The Balaban J connectivity index is 2.28. The number of hydrogen-bond acceptors (Lipinski definition) is 4. The number of rotatable bonds is 3. The molecule has 0 bridgehead atoms. The summed E-state index contributed by atoms with van der Waals surface area (Å²) in [5.74, 6) is -0.533. The van der Waals surface area contributed by atoms with Crippen LogP contribution in [-0.4, -0.2) is 25.1 Å². The molecule has 124 valence electrons. The van der Waals surface area contributed by atoms with E-state index in [-0.39, 0.29) is 17.6 Å². The monoisotopic (exact) mass is 344 g/mol. The molecule has 0 heterocycles. The molecule has 0 aromatic heterocycles. The Morgan fingerprint density at radius 2 is 1.88 bits per heavy atom. The second kappa shape index (κ2) is 6.77. The third kappa shape index (κ3) is 2.96. The average Bonchev–Trinajstić information content (AvgIpc) is 2.60. The Kier molecular flexibility index (Phi) is 4.71. The largest absolute Gasteiger partial charge is 0.465 e. The number of benzene rings is 2. The predicted molar refractivity (Wildman–Crippen MR) is 92.0 cm³/mol. The molecule has 0 amide bonds. The van der Waals surface area contributed by atoms with Gasteiger partial charge in [0.05, 0.1) is 12.7 Å². The summed E-state index contributed by atoms with van der Waals surface area (Å²) in [7, 11) is 1.36. The fourth-order valence-electron chi connectivity index (χ4n) is 3.15. The number of Topliss-reactive ketones (excluding diaryl/α,β-unsaturated/α-hetero) is 1. The molecule has 0 unspecified atom stereocenters. The number of carbonyl (C=O) groups excluding carboxylic acids is 2. The lowest BCUT2D eigenvalue weighted by Crippen LogP contribution is -2.19. The summed E-state index contributed by atoms with van der Waals surface area (Å²) >= 11 is 1.46. The van der Waals surface area contributed by atoms with Crippen molar-refractivity contribution in [3.05, 3.63) is 52.8 Å². The lowest BCUT2D eigenvalue weighted by atomic mass is 9.82. The van der Waals surface area contributed by atoms with Crippen LogP contribution in [0.25, 0.3) is 11.1 Å². The topological polar surface area (TPSA) is 43.4 Å². The van der Waals surface area contributed by atoms with E-state index in [0.29, 0.717) is 24.8 Å². The van der Waals surface area contributed by atoms with Crippen molar-refractivity contribution in [1.29, 1.82) is 0 Å². The van der Waals surface area contributed by atoms with Crippen molar-refractivity contribution in [3.8, 4) is 11.1 Å². The molecule has 2 aromatic rings. The highest BCUT2D eigenvalue weighted by Gasteiger charge is 2.28. The van der Waals surface area contributed by atoms with Crippen molar-refractivity contribution in [2.45, 2.75) is 24.2 Å². The van der Waals surface area contributed by atoms with Crippen LogP contribution in [0.15, 0.2) is 35.2 Å². The zero-order valence-electron chi connectivity index (χ0n) is 13.5. The van der Waals surface area contributed by atoms with E-state index in [0.717, 1.165) is 27.1 Å². The smallest absolute Gasteiger partial charge is 0.339 e. The molecule has 3 rings (SSSR count). The number of halogens is 1. The summed E-state index contributed by atoms with van der Waals surface area (Å²) in [5.41, 5.74) is 4.02. The summed E-state index contributed by atoms with van der Waals surface area (Å²) in [6, 6.07) is 8.11. The van der Waals surface area contributed by atoms with Crippen LogP contribution in [0.4, 0.5) is 4.39 Å². The van der Waals surface area contributed by atoms with E-state index in [2.05, 4.69) is 0 Å². The molecule has 1 aliphatic rings. The number of thioether (sulfide) groups is 1. The van der Waals surface area contributed by atoms with Crippen molar-refractivity contribution < 1.29 is 18.7 Å². The van der Waals surface area contributed by atoms with Crippen molar-refractivity contribution in [3.63, 3.8) is 0 Å². The molecule has 24 heavy (non-hydrogen) atoms. The summed E-state index contributed by atoms with van der Waals surface area (Å²) in [4.78, 5) is 25.1. The number of carbonyl (C=O) groups is 2. The van der Waals surface area contributed by atoms with Gasteiger partial charge in [0.2, 0.25) is 0 Å². The van der Waals surface area contributed by atoms with Gasteiger partial charge in [-0.3, -0.25) is 4.79 Å². The standard InChI is InChI=1S/C19H17FO3S/c1-23-19(22)18-14-8-7-13(21)9-16(14)15(10-17(18)24-2)11-3-5-12(20)6-4-11/h3-6,10H,7-9H2,1-2H3. The number of ether oxygens (including phenoxy) is 1. The van der Waals surface area contributed by atoms with Crippen LogP contribution >= 0.6 is 11.8 Å². The van der Waals surface area contributed by atoms with Crippen LogP contribution in [0.3, 0.4) is 0 Å². The predicted octanol–water partition coefficient (Wildman–Crippen LogP) is 4.06. The molecule has 0 saturated heterocycles. The first-order valence-corrected chi connectivity index (χ1v) is 8.86. The number of ketones is 1. The third-order valence-corrected chi connectivity index (χ3v) is 5.07. The van der Waals surface area contributed by atoms with Crippen LogP contribution < -0.4 is 0 Å². The lowest BCUT2D eigenvalue weighted by molar-refractivity contribution is -0.118. The second-order valence-corrected chi connectivity index (χ2v) is 6.52. The minimum Gasteiger partial charge on any atom is -0.465 e. The molecule has 0 radical (unpaired) electrons. The van der Waals surface area contributed by atoms with E-state index in [1.165, 1.54) is 31.0 Å². The van der Waals surface area contributed by atoms with Crippen molar-refractivity contribution in [1.82, 2.24) is 0 Å². The Hall–Kier alpha value is -2.14. The molecule has 0 aliphatic heterocycles. The molecule has 1 aliphatic carbocycles. The van der Waals surface area contributed by atoms with Crippen LogP contribution in [0.5, 0.6) is 0 Å². The molecule has 2 aromatic carbocycles. The number of esters is 1. The Bertz CT molecular complexity index is 812. The Labute approximate surface area is 144 Å². The van der Waals surface area contributed by atoms with E-state index in [1.807, 2.05) is 12.3 Å². The van der Waals surface area contributed by atoms with E-state index in [9.17, 15) is 14.0 Å². The maximum absolute atomic E-state index is 13.2. The molecule has 3 nitrogen and oxygen atoms in total. The van der Waals surface area contributed by atoms with Gasteiger partial charge in [-0.25, -0.2) is 9.18 Å². The van der Waals surface area contributed by atoms with Crippen molar-refractivity contribution >= 4 is 23.5 Å². The van der Waals surface area contributed by atoms with Gasteiger partial charge >= 0.3 is 5.97 Å². The maximum Gasteiger partial charge on any atom is 0.339 e. The normalized spacial score (nSPS) is 13.5. The van der Waals surface area contributed by atoms with E-state index in [1.54, 1.807) is 12.1 Å². The lowest BCUT2D eigenvalue weighted by Gasteiger charge is -2.23. The third-order valence-electron chi connectivity index (χ3n) is 4.31. The Morgan fingerprint density at radius 3 is 2.50 bits per heavy atom. The number of fused-ring (bicyclic) bond motifs is 1. The van der Waals surface area contributed by atoms with Gasteiger partial charge < -0.3 is 4.74 Å². The fraction of sp³-hybridized carbons (Fsp3) is 0.263. The summed E-state index contributed by atoms with van der Waals surface area (Å²) in [5, 5.41) is 0. The molecule has 0 N–H and O–H groups in total. The highest BCUT2D eigenvalue weighted by atomic mass is 32.2. The van der Waals surface area contributed by atoms with Crippen molar-refractivity contribution in [2.75, 3.05) is 13.4 Å². The molecular formula is C19H17FO3S. The van der Waals surface area contributed by atoms with Gasteiger partial charge in [0.1, 0.15) is 11.6 Å². The number of hydrogen-bond donors (Lipinski definition) is 0. The average molecular weight is 344 g/mol. The number of methoxy groups -OCH3 is 1. The van der Waals surface area contributed by atoms with Crippen LogP contribution in [0.1, 0.15) is 27.9 Å². The van der Waals surface area contributed by atoms with Crippen LogP contribution in [0, 0.1) is 5.82 Å². The zero-order chi connectivity index (χ0) is 17.3. The molecule has 0 atom stereocenters. The molecule has 0 spiro atoms. The van der Waals surface area contributed by atoms with Crippen LogP contribution in [0.2, 0.25) is 0 Å². The van der Waals surface area contributed by atoms with Gasteiger partial charge in [0.25, 0.3) is 0 Å². The van der Waals surface area contributed by atoms with Crippen LogP contribution in [-0.2, 0) is 22.4 Å². The first kappa shape index (κ1) is 16.7. The summed E-state index contributed by atoms with van der Waals surface area (Å²) < 4.78 is 18.2. The highest BCUT2D eigenvalue weighted by molar-refractivity contribution is 7.98. The van der Waals surface area contributed by atoms with Gasteiger partial charge in [-0.1, -0.05) is 12.1 Å². The summed E-state index contributed by atoms with van der Waals surface area (Å²) in [6.45, 7) is 0. The van der Waals surface area contributed by atoms with Gasteiger partial charge in [-0.15, -0.1) is 11.8 Å². The second-order valence-electron chi connectivity index (χ2n) is 5.67. The molecular weight excluding hydrogens is 327 g/mol. The summed E-state index contributed by atoms with van der Waals surface area (Å²) in [6.07, 6.45) is 3.15.